The molecule has 0 bridgehead atoms. The molecule has 4 heterocycles. The molecule has 0 radical (unpaired) electrons. The van der Waals surface area contributed by atoms with Gasteiger partial charge in [0, 0.05) is 23.1 Å². The summed E-state index contributed by atoms with van der Waals surface area (Å²) in [6.45, 7) is 1.52. The Bertz CT molecular complexity index is 2330. The van der Waals surface area contributed by atoms with Crippen LogP contribution in [0.4, 0.5) is 4.39 Å². The Morgan fingerprint density at radius 1 is 1.07 bits per heavy atom. The van der Waals surface area contributed by atoms with Gasteiger partial charge >= 0.3 is 0 Å². The van der Waals surface area contributed by atoms with Gasteiger partial charge in [-0.3, -0.25) is 28.9 Å². The van der Waals surface area contributed by atoms with E-state index >= 15 is 0 Å². The van der Waals surface area contributed by atoms with Gasteiger partial charge in [-0.25, -0.2) is 17.8 Å². The van der Waals surface area contributed by atoms with Crippen molar-refractivity contribution in [1.29, 1.82) is 0 Å². The lowest BCUT2D eigenvalue weighted by Crippen LogP contribution is -2.58. The standard InChI is InChI=1S/C39H41FN6O7S2/c1-38(15-16-38)55(51,52)45-37(50)39-19-23(39)9-5-3-2-4-6-12-30(42-34(48)32-20-41-22-54-32)36(49)46-21-25(18-31(46)33(47)44-39)53-35-27-14-13-24(40)17-28(27)26-10-7-8-11-29(26)43-35/h5,7-11,13-14,17,20,22-23,25,30-31H,2-4,6,12,15-16,18-19,21H2,1H3,(H,42,48)(H,44,47)(H,45,50)/b9-5-/t23-,25-,30+,31+,39-/m1/s1. The van der Waals surface area contributed by atoms with Crippen LogP contribution in [0.3, 0.4) is 0 Å². The number of hydrogen-bond acceptors (Lipinski definition) is 10. The summed E-state index contributed by atoms with van der Waals surface area (Å²) < 4.78 is 48.5. The van der Waals surface area contributed by atoms with Crippen LogP contribution in [0.1, 0.15) is 74.4 Å². The minimum atomic E-state index is -4.01. The lowest BCUT2D eigenvalue weighted by molar-refractivity contribution is -0.141. The number of allylic oxidation sites excluding steroid dienone is 1. The average molecular weight is 789 g/mol. The van der Waals surface area contributed by atoms with E-state index < -0.39 is 73.9 Å². The van der Waals surface area contributed by atoms with E-state index in [2.05, 4.69) is 20.3 Å². The number of thiazole rings is 1. The quantitative estimate of drug-likeness (QED) is 0.180. The molecule has 2 aliphatic heterocycles. The Kier molecular flexibility index (Phi) is 9.60. The zero-order valence-corrected chi connectivity index (χ0v) is 31.8. The summed E-state index contributed by atoms with van der Waals surface area (Å²) in [7, 11) is -4.01. The third-order valence-corrected chi connectivity index (χ3v) is 14.3. The van der Waals surface area contributed by atoms with Gasteiger partial charge in [0.1, 0.15) is 34.4 Å². The van der Waals surface area contributed by atoms with E-state index in [0.29, 0.717) is 53.3 Å². The van der Waals surface area contributed by atoms with E-state index in [9.17, 15) is 32.0 Å². The molecular weight excluding hydrogens is 748 g/mol. The number of halogens is 1. The van der Waals surface area contributed by atoms with Gasteiger partial charge in [-0.05, 0) is 75.1 Å². The molecule has 2 aromatic carbocycles. The predicted molar refractivity (Wildman–Crippen MR) is 203 cm³/mol. The van der Waals surface area contributed by atoms with Crippen LogP contribution in [0, 0.1) is 11.7 Å². The van der Waals surface area contributed by atoms with Crippen molar-refractivity contribution >= 4 is 66.7 Å². The number of carbonyl (C=O) groups is 4. The van der Waals surface area contributed by atoms with Crippen LogP contribution in [0.15, 0.2) is 66.3 Å². The van der Waals surface area contributed by atoms with Crippen LogP contribution >= 0.6 is 11.3 Å². The lowest BCUT2D eigenvalue weighted by Gasteiger charge is -2.30. The van der Waals surface area contributed by atoms with Gasteiger partial charge in [-0.1, -0.05) is 43.2 Å². The SMILES string of the molecule is CC1(S(=O)(=O)NC(=O)[C@@]23C[C@H]2/C=C\CCCCC[C@H](NC(=O)c2cncs2)C(=O)N2C[C@H](Oc4nc5ccccc5c5cc(F)ccc45)C[C@H]2C(=O)N3)CC1. The molecule has 288 valence electrons. The molecule has 2 aliphatic carbocycles. The zero-order valence-electron chi connectivity index (χ0n) is 30.1. The number of nitrogens with one attached hydrogen (secondary N) is 3. The van der Waals surface area contributed by atoms with Crippen LogP contribution in [0.25, 0.3) is 21.7 Å². The maximum absolute atomic E-state index is 14.6. The van der Waals surface area contributed by atoms with Crippen molar-refractivity contribution in [3.8, 4) is 5.88 Å². The van der Waals surface area contributed by atoms with Crippen LogP contribution in [0.2, 0.25) is 0 Å². The molecule has 2 saturated carbocycles. The summed E-state index contributed by atoms with van der Waals surface area (Å²) >= 11 is 1.14. The first-order valence-corrected chi connectivity index (χ1v) is 20.9. The first kappa shape index (κ1) is 37.0. The second-order valence-electron chi connectivity index (χ2n) is 15.2. The summed E-state index contributed by atoms with van der Waals surface area (Å²) in [5, 5.41) is 7.61. The molecular formula is C39H41FN6O7S2. The maximum atomic E-state index is 14.6. The Hall–Kier alpha value is -4.96. The van der Waals surface area contributed by atoms with Crippen LogP contribution < -0.4 is 20.1 Å². The molecule has 55 heavy (non-hydrogen) atoms. The molecule has 16 heteroatoms. The van der Waals surface area contributed by atoms with Gasteiger partial charge in [-0.2, -0.15) is 0 Å². The third kappa shape index (κ3) is 7.17. The molecule has 4 amide bonds. The second kappa shape index (κ2) is 14.3. The minimum Gasteiger partial charge on any atom is -0.472 e. The molecule has 5 atom stereocenters. The normalized spacial score (nSPS) is 27.2. The van der Waals surface area contributed by atoms with Crippen molar-refractivity contribution in [2.75, 3.05) is 6.54 Å². The number of aromatic nitrogens is 2. The number of amides is 4. The van der Waals surface area contributed by atoms with E-state index in [-0.39, 0.29) is 25.3 Å². The molecule has 4 aliphatic rings. The number of rotatable bonds is 7. The van der Waals surface area contributed by atoms with E-state index in [1.807, 2.05) is 30.4 Å². The fraction of sp³-hybridized carbons (Fsp3) is 0.436. The van der Waals surface area contributed by atoms with Gasteiger partial charge < -0.3 is 20.3 Å². The number of sulfonamides is 1. The van der Waals surface area contributed by atoms with Gasteiger partial charge in [0.2, 0.25) is 27.7 Å². The third-order valence-electron chi connectivity index (χ3n) is 11.3. The zero-order chi connectivity index (χ0) is 38.5. The lowest BCUT2D eigenvalue weighted by atomic mass is 10.0. The maximum Gasteiger partial charge on any atom is 0.263 e. The highest BCUT2D eigenvalue weighted by Gasteiger charge is 2.63. The number of hydrogen-bond donors (Lipinski definition) is 3. The summed E-state index contributed by atoms with van der Waals surface area (Å²) in [5.41, 5.74) is 0.550. The van der Waals surface area contributed by atoms with Gasteiger partial charge in [0.15, 0.2) is 0 Å². The summed E-state index contributed by atoms with van der Waals surface area (Å²) in [4.78, 5) is 66.6. The predicted octanol–water partition coefficient (Wildman–Crippen LogP) is 4.52. The van der Waals surface area contributed by atoms with E-state index in [1.165, 1.54) is 28.7 Å². The largest absolute Gasteiger partial charge is 0.472 e. The minimum absolute atomic E-state index is 0.00114. The Labute approximate surface area is 321 Å². The molecule has 13 nitrogen and oxygen atoms in total. The van der Waals surface area contributed by atoms with Crippen LogP contribution in [-0.4, -0.2) is 81.9 Å². The van der Waals surface area contributed by atoms with Gasteiger partial charge in [0.25, 0.3) is 11.8 Å². The van der Waals surface area contributed by atoms with Crippen LogP contribution in [-0.2, 0) is 24.4 Å². The van der Waals surface area contributed by atoms with Crippen LogP contribution in [0.5, 0.6) is 5.88 Å². The first-order valence-electron chi connectivity index (χ1n) is 18.6. The van der Waals surface area contributed by atoms with Crippen molar-refractivity contribution in [3.05, 3.63) is 77.0 Å². The molecule has 3 N–H and O–H groups in total. The van der Waals surface area contributed by atoms with E-state index in [0.717, 1.165) is 29.6 Å². The van der Waals surface area contributed by atoms with E-state index in [4.69, 9.17) is 9.72 Å². The number of fused-ring (bicyclic) bond motifs is 5. The molecule has 4 aromatic rings. The monoisotopic (exact) mass is 788 g/mol. The number of ether oxygens (including phenoxy) is 1. The topological polar surface area (TPSA) is 177 Å². The number of nitrogens with zero attached hydrogens (tertiary/aromatic N) is 3. The smallest absolute Gasteiger partial charge is 0.263 e. The molecule has 1 saturated heterocycles. The molecule has 8 rings (SSSR count). The summed E-state index contributed by atoms with van der Waals surface area (Å²) in [6.07, 6.45) is 8.64. The van der Waals surface area contributed by atoms with Gasteiger partial charge in [-0.15, -0.1) is 11.3 Å². The van der Waals surface area contributed by atoms with E-state index in [1.54, 1.807) is 19.1 Å². The van der Waals surface area contributed by atoms with Gasteiger partial charge in [0.05, 0.1) is 28.5 Å². The van der Waals surface area contributed by atoms with Crippen molar-refractivity contribution in [2.24, 2.45) is 5.92 Å². The highest BCUT2D eigenvalue weighted by atomic mass is 32.2. The second-order valence-corrected chi connectivity index (χ2v) is 18.3. The van der Waals surface area contributed by atoms with Crippen molar-refractivity contribution in [3.63, 3.8) is 0 Å². The fourth-order valence-corrected chi connectivity index (χ4v) is 9.48. The molecule has 0 unspecified atom stereocenters. The van der Waals surface area contributed by atoms with Crippen molar-refractivity contribution in [1.82, 2.24) is 30.2 Å². The van der Waals surface area contributed by atoms with Crippen molar-refractivity contribution in [2.45, 2.75) is 93.2 Å². The molecule has 3 fully saturated rings. The number of pyridine rings is 1. The summed E-state index contributed by atoms with van der Waals surface area (Å²) in [5.74, 6) is -3.11. The molecule has 2 aromatic heterocycles. The Morgan fingerprint density at radius 3 is 2.67 bits per heavy atom. The number of benzene rings is 2. The highest BCUT2D eigenvalue weighted by Crippen LogP contribution is 2.47. The average Bonchev–Trinajstić information content (AvgIpc) is 3.91. The summed E-state index contributed by atoms with van der Waals surface area (Å²) in [6, 6.07) is 9.43. The Morgan fingerprint density at radius 2 is 1.89 bits per heavy atom. The number of para-hydroxylation sites is 1. The first-order chi connectivity index (χ1) is 26.4. The van der Waals surface area contributed by atoms with Crippen molar-refractivity contribution < 1.29 is 36.7 Å². The highest BCUT2D eigenvalue weighted by molar-refractivity contribution is 7.91. The fourth-order valence-electron chi connectivity index (χ4n) is 7.65. The number of carbonyl (C=O) groups excluding carboxylic acids is 4. The molecule has 0 spiro atoms. The Balaban J connectivity index is 1.13.